The molecular formula is C32H26N2O2. The highest BCUT2D eigenvalue weighted by Crippen LogP contribution is 2.66. The molecule has 2 aliphatic heterocycles. The molecule has 1 saturated carbocycles. The minimum absolute atomic E-state index is 0.0858. The fourth-order valence-corrected chi connectivity index (χ4v) is 6.80. The summed E-state index contributed by atoms with van der Waals surface area (Å²) < 4.78 is 13.4. The van der Waals surface area contributed by atoms with E-state index >= 15 is 0 Å². The van der Waals surface area contributed by atoms with Crippen molar-refractivity contribution in [3.63, 3.8) is 0 Å². The van der Waals surface area contributed by atoms with Gasteiger partial charge in [-0.2, -0.15) is 0 Å². The third-order valence-electron chi connectivity index (χ3n) is 8.12. The summed E-state index contributed by atoms with van der Waals surface area (Å²) in [6, 6.07) is 37.8. The van der Waals surface area contributed by atoms with Crippen LogP contribution in [0.5, 0.6) is 0 Å². The molecule has 0 saturated heterocycles. The number of para-hydroxylation sites is 2. The topological polar surface area (TPSA) is 43.2 Å². The highest BCUT2D eigenvalue weighted by molar-refractivity contribution is 6.21. The van der Waals surface area contributed by atoms with E-state index in [0.29, 0.717) is 0 Å². The Bertz CT molecular complexity index is 1410. The maximum Gasteiger partial charge on any atom is 0.172 e. The predicted molar refractivity (Wildman–Crippen MR) is 143 cm³/mol. The van der Waals surface area contributed by atoms with E-state index in [1.807, 2.05) is 12.1 Å². The predicted octanol–water partition coefficient (Wildman–Crippen LogP) is 6.82. The first-order valence-corrected chi connectivity index (χ1v) is 12.3. The maximum absolute atomic E-state index is 6.69. The van der Waals surface area contributed by atoms with Gasteiger partial charge >= 0.3 is 0 Å². The molecule has 36 heavy (non-hydrogen) atoms. The SMILES string of the molecule is CO[C@]12C(=Nc3ccccc31)[C@H](c1ccccc1)[C@H](c1ccccc1)C1=Nc3ccccc3[C@@]12OC. The largest absolute Gasteiger partial charge is 0.363 e. The normalized spacial score (nSPS) is 27.4. The Kier molecular flexibility index (Phi) is 4.65. The highest BCUT2D eigenvalue weighted by atomic mass is 16.6. The molecule has 0 spiro atoms. The van der Waals surface area contributed by atoms with E-state index in [1.165, 1.54) is 11.1 Å². The van der Waals surface area contributed by atoms with E-state index in [-0.39, 0.29) is 11.8 Å². The Morgan fingerprint density at radius 2 is 0.861 bits per heavy atom. The average molecular weight is 471 g/mol. The summed E-state index contributed by atoms with van der Waals surface area (Å²) in [7, 11) is 3.56. The molecule has 3 aliphatic rings. The van der Waals surface area contributed by atoms with Gasteiger partial charge in [-0.3, -0.25) is 9.98 Å². The zero-order chi connectivity index (χ0) is 24.3. The van der Waals surface area contributed by atoms with Gasteiger partial charge in [0, 0.05) is 37.2 Å². The van der Waals surface area contributed by atoms with Crippen LogP contribution in [0.2, 0.25) is 0 Å². The second-order valence-electron chi connectivity index (χ2n) is 9.58. The maximum atomic E-state index is 6.69. The Balaban J connectivity index is 1.64. The van der Waals surface area contributed by atoms with Crippen molar-refractivity contribution in [3.05, 3.63) is 131 Å². The fourth-order valence-electron chi connectivity index (χ4n) is 6.80. The number of aliphatic imine (C=N–C) groups is 2. The molecule has 0 unspecified atom stereocenters. The first kappa shape index (κ1) is 21.4. The van der Waals surface area contributed by atoms with E-state index in [2.05, 4.69) is 97.1 Å². The third-order valence-corrected chi connectivity index (χ3v) is 8.12. The van der Waals surface area contributed by atoms with Crippen molar-refractivity contribution in [2.45, 2.75) is 23.0 Å². The molecule has 176 valence electrons. The van der Waals surface area contributed by atoms with E-state index in [0.717, 1.165) is 33.9 Å². The molecule has 1 fully saturated rings. The van der Waals surface area contributed by atoms with Gasteiger partial charge in [0.25, 0.3) is 0 Å². The standard InChI is InChI=1S/C32H26N2O2/c1-35-31-23-17-9-11-19-25(23)33-29(31)27(21-13-5-3-6-14-21)28(22-15-7-4-8-16-22)30-32(31,36-2)24-18-10-12-20-26(24)34-30/h3-20,27-28H,1-2H3/t27-,28+,31+,32-. The molecule has 4 nitrogen and oxygen atoms in total. The van der Waals surface area contributed by atoms with Crippen LogP contribution in [0, 0.1) is 0 Å². The van der Waals surface area contributed by atoms with Crippen LogP contribution in [0.4, 0.5) is 11.4 Å². The summed E-state index contributed by atoms with van der Waals surface area (Å²) >= 11 is 0. The first-order chi connectivity index (χ1) is 17.8. The van der Waals surface area contributed by atoms with Crippen LogP contribution in [-0.4, -0.2) is 25.6 Å². The second-order valence-corrected chi connectivity index (χ2v) is 9.58. The van der Waals surface area contributed by atoms with Gasteiger partial charge in [-0.15, -0.1) is 0 Å². The van der Waals surface area contributed by atoms with E-state index in [4.69, 9.17) is 19.5 Å². The Hall–Kier alpha value is -3.86. The van der Waals surface area contributed by atoms with Gasteiger partial charge in [0.1, 0.15) is 0 Å². The van der Waals surface area contributed by atoms with Crippen LogP contribution in [0.1, 0.15) is 34.1 Å². The van der Waals surface area contributed by atoms with Crippen molar-refractivity contribution in [1.29, 1.82) is 0 Å². The van der Waals surface area contributed by atoms with Gasteiger partial charge in [-0.25, -0.2) is 0 Å². The molecule has 4 aromatic rings. The van der Waals surface area contributed by atoms with Gasteiger partial charge in [0.15, 0.2) is 11.2 Å². The quantitative estimate of drug-likeness (QED) is 0.328. The summed E-state index contributed by atoms with van der Waals surface area (Å²) in [5.41, 5.74) is 6.24. The first-order valence-electron chi connectivity index (χ1n) is 12.3. The number of hydrogen-bond acceptors (Lipinski definition) is 4. The average Bonchev–Trinajstić information content (AvgIpc) is 3.47. The molecule has 1 aliphatic carbocycles. The summed E-state index contributed by atoms with van der Waals surface area (Å²) in [6.07, 6.45) is 0. The molecule has 4 atom stereocenters. The number of ether oxygens (including phenoxy) is 2. The van der Waals surface area contributed by atoms with Gasteiger partial charge in [-0.05, 0) is 23.3 Å². The van der Waals surface area contributed by atoms with Crippen LogP contribution < -0.4 is 0 Å². The Morgan fingerprint density at radius 1 is 0.500 bits per heavy atom. The molecule has 0 radical (unpaired) electrons. The van der Waals surface area contributed by atoms with Crippen LogP contribution in [0.3, 0.4) is 0 Å². The fraction of sp³-hybridized carbons (Fsp3) is 0.188. The monoisotopic (exact) mass is 470 g/mol. The van der Waals surface area contributed by atoms with Gasteiger partial charge < -0.3 is 9.47 Å². The molecule has 0 N–H and O–H groups in total. The molecule has 2 heterocycles. The van der Waals surface area contributed by atoms with Crippen molar-refractivity contribution < 1.29 is 9.47 Å². The molecule has 4 heteroatoms. The second kappa shape index (κ2) is 7.82. The smallest absolute Gasteiger partial charge is 0.172 e. The number of hydrogen-bond donors (Lipinski definition) is 0. The van der Waals surface area contributed by atoms with Gasteiger partial charge in [-0.1, -0.05) is 97.1 Å². The summed E-state index contributed by atoms with van der Waals surface area (Å²) in [5, 5.41) is 0. The van der Waals surface area contributed by atoms with Crippen molar-refractivity contribution >= 4 is 22.8 Å². The molecule has 7 rings (SSSR count). The van der Waals surface area contributed by atoms with Crippen molar-refractivity contribution in [2.75, 3.05) is 14.2 Å². The van der Waals surface area contributed by atoms with Crippen LogP contribution in [0.15, 0.2) is 119 Å². The minimum Gasteiger partial charge on any atom is -0.363 e. The summed E-state index contributed by atoms with van der Waals surface area (Å²) in [4.78, 5) is 10.7. The molecular weight excluding hydrogens is 444 g/mol. The van der Waals surface area contributed by atoms with E-state index in [9.17, 15) is 0 Å². The van der Waals surface area contributed by atoms with Crippen LogP contribution >= 0.6 is 0 Å². The highest BCUT2D eigenvalue weighted by Gasteiger charge is 2.72. The van der Waals surface area contributed by atoms with E-state index in [1.54, 1.807) is 14.2 Å². The lowest BCUT2D eigenvalue weighted by atomic mass is 9.55. The number of rotatable bonds is 4. The third kappa shape index (κ3) is 2.50. The molecule has 0 aromatic heterocycles. The molecule has 0 amide bonds. The lowest BCUT2D eigenvalue weighted by Crippen LogP contribution is -2.65. The van der Waals surface area contributed by atoms with E-state index < -0.39 is 11.2 Å². The van der Waals surface area contributed by atoms with Gasteiger partial charge in [0.2, 0.25) is 0 Å². The van der Waals surface area contributed by atoms with Crippen molar-refractivity contribution in [1.82, 2.24) is 0 Å². The van der Waals surface area contributed by atoms with Crippen LogP contribution in [0.25, 0.3) is 0 Å². The number of benzene rings is 4. The number of fused-ring (bicyclic) bond motifs is 7. The Morgan fingerprint density at radius 3 is 1.25 bits per heavy atom. The van der Waals surface area contributed by atoms with Crippen LogP contribution in [-0.2, 0) is 20.7 Å². The van der Waals surface area contributed by atoms with Gasteiger partial charge in [0.05, 0.1) is 22.8 Å². The minimum atomic E-state index is -0.963. The Labute approximate surface area is 211 Å². The van der Waals surface area contributed by atoms with Crippen molar-refractivity contribution in [2.24, 2.45) is 9.98 Å². The summed E-state index contributed by atoms with van der Waals surface area (Å²) in [5.74, 6) is -0.172. The lowest BCUT2D eigenvalue weighted by molar-refractivity contribution is -0.122. The lowest BCUT2D eigenvalue weighted by Gasteiger charge is -2.54. The summed E-state index contributed by atoms with van der Waals surface area (Å²) in [6.45, 7) is 0. The number of nitrogens with zero attached hydrogens (tertiary/aromatic N) is 2. The molecule has 4 aromatic carbocycles. The van der Waals surface area contributed by atoms with Crippen molar-refractivity contribution in [3.8, 4) is 0 Å². The number of methoxy groups -OCH3 is 2. The molecule has 0 bridgehead atoms. The zero-order valence-corrected chi connectivity index (χ0v) is 20.3. The zero-order valence-electron chi connectivity index (χ0n) is 20.3.